The van der Waals surface area contributed by atoms with Gasteiger partial charge in [0.05, 0.1) is 59.3 Å². The Kier molecular flexibility index (Phi) is 11.9. The fourth-order valence-corrected chi connectivity index (χ4v) is 6.63. The van der Waals surface area contributed by atoms with Crippen LogP contribution < -0.4 is 33.8 Å². The van der Waals surface area contributed by atoms with Crippen molar-refractivity contribution in [1.82, 2.24) is 4.57 Å². The number of rotatable bonds is 13. The highest BCUT2D eigenvalue weighted by molar-refractivity contribution is 7.07. The summed E-state index contributed by atoms with van der Waals surface area (Å²) in [5, 5.41) is 0.832. The average Bonchev–Trinajstić information content (AvgIpc) is 3.41. The molecule has 50 heavy (non-hydrogen) atoms. The van der Waals surface area contributed by atoms with Crippen molar-refractivity contribution in [2.45, 2.75) is 33.4 Å². The highest BCUT2D eigenvalue weighted by Gasteiger charge is 2.34. The third-order valence-electron chi connectivity index (χ3n) is 7.56. The van der Waals surface area contributed by atoms with E-state index in [1.807, 2.05) is 0 Å². The number of benzene rings is 3. The van der Waals surface area contributed by atoms with E-state index in [2.05, 4.69) is 9.73 Å². The van der Waals surface area contributed by atoms with Crippen LogP contribution in [0.25, 0.3) is 6.08 Å². The Labute approximate surface area is 301 Å². The summed E-state index contributed by atoms with van der Waals surface area (Å²) in [4.78, 5) is 44.6. The molecule has 0 saturated heterocycles. The Hall–Kier alpha value is -4.78. The minimum absolute atomic E-state index is 0.123. The minimum Gasteiger partial charge on any atom is -0.493 e. The fourth-order valence-electron chi connectivity index (χ4n) is 5.27. The molecule has 0 bridgehead atoms. The number of methoxy groups -OCH3 is 2. The molecule has 1 aromatic heterocycles. The molecule has 1 aliphatic rings. The van der Waals surface area contributed by atoms with Gasteiger partial charge in [-0.25, -0.2) is 14.6 Å². The molecule has 1 aliphatic heterocycles. The maximum atomic E-state index is 14.3. The molecular weight excluding hydrogens is 707 g/mol. The van der Waals surface area contributed by atoms with Crippen LogP contribution in [-0.4, -0.2) is 50.5 Å². The number of ether oxygens (including phenoxy) is 6. The zero-order chi connectivity index (χ0) is 35.9. The van der Waals surface area contributed by atoms with Crippen LogP contribution in [0.4, 0.5) is 0 Å². The van der Waals surface area contributed by atoms with E-state index in [-0.39, 0.29) is 32.0 Å². The van der Waals surface area contributed by atoms with Gasteiger partial charge in [-0.15, -0.1) is 0 Å². The molecule has 0 N–H and O–H groups in total. The molecule has 0 aliphatic carbocycles. The molecule has 0 radical (unpaired) electrons. The SMILES string of the molecule is CCOC(=O)C1=C(C)N=c2s/c(=C/c3cccc(OC)c3OCc3ccc(Cl)c(Cl)c3)c(=O)n2[C@H]1c1ccc(OCC(=O)OC)c(OCC)c1. The second kappa shape index (κ2) is 16.3. The summed E-state index contributed by atoms with van der Waals surface area (Å²) in [5.41, 5.74) is 2.11. The molecule has 0 fully saturated rings. The number of carbonyl (C=O) groups is 2. The van der Waals surface area contributed by atoms with E-state index in [4.69, 9.17) is 46.9 Å². The van der Waals surface area contributed by atoms with Gasteiger partial charge in [0.1, 0.15) is 6.61 Å². The van der Waals surface area contributed by atoms with Crippen molar-refractivity contribution in [3.8, 4) is 23.0 Å². The first-order valence-electron chi connectivity index (χ1n) is 15.5. The van der Waals surface area contributed by atoms with Crippen molar-refractivity contribution in [3.63, 3.8) is 0 Å². The number of hydrogen-bond acceptors (Lipinski definition) is 11. The van der Waals surface area contributed by atoms with Gasteiger partial charge in [0.2, 0.25) is 0 Å². The van der Waals surface area contributed by atoms with E-state index < -0.39 is 23.5 Å². The number of halogens is 2. The standard InChI is InChI=1S/C36H34Cl2N2O9S/c1-6-46-28-16-22(12-14-26(28)48-19-30(41)45-5)32-31(35(43)47-7-2)20(3)39-36-40(32)34(42)29(50-36)17-23-9-8-10-27(44-4)33(23)49-18-21-11-13-24(37)25(38)15-21/h8-17,32H,6-7,18-19H2,1-5H3/b29-17+/t32-/m0/s1. The lowest BCUT2D eigenvalue weighted by Crippen LogP contribution is -2.40. The predicted octanol–water partition coefficient (Wildman–Crippen LogP) is 5.64. The van der Waals surface area contributed by atoms with Gasteiger partial charge in [-0.2, -0.15) is 0 Å². The van der Waals surface area contributed by atoms with Crippen LogP contribution in [0, 0.1) is 0 Å². The molecule has 2 heterocycles. The highest BCUT2D eigenvalue weighted by atomic mass is 35.5. The molecule has 262 valence electrons. The minimum atomic E-state index is -0.919. The van der Waals surface area contributed by atoms with E-state index >= 15 is 0 Å². The van der Waals surface area contributed by atoms with Crippen LogP contribution in [0.3, 0.4) is 0 Å². The van der Waals surface area contributed by atoms with E-state index in [0.29, 0.717) is 59.2 Å². The Morgan fingerprint density at radius 1 is 0.940 bits per heavy atom. The highest BCUT2D eigenvalue weighted by Crippen LogP contribution is 2.37. The molecule has 11 nitrogen and oxygen atoms in total. The van der Waals surface area contributed by atoms with Crippen molar-refractivity contribution in [2.75, 3.05) is 34.0 Å². The van der Waals surface area contributed by atoms with E-state index in [0.717, 1.165) is 16.9 Å². The molecule has 5 rings (SSSR count). The first-order chi connectivity index (χ1) is 24.1. The monoisotopic (exact) mass is 740 g/mol. The number of carbonyl (C=O) groups excluding carboxylic acids is 2. The van der Waals surface area contributed by atoms with Crippen molar-refractivity contribution >= 4 is 52.6 Å². The van der Waals surface area contributed by atoms with Crippen molar-refractivity contribution in [2.24, 2.45) is 4.99 Å². The van der Waals surface area contributed by atoms with Crippen LogP contribution in [-0.2, 0) is 25.7 Å². The largest absolute Gasteiger partial charge is 0.493 e. The number of aromatic nitrogens is 1. The van der Waals surface area contributed by atoms with Gasteiger partial charge >= 0.3 is 11.9 Å². The lowest BCUT2D eigenvalue weighted by molar-refractivity contribution is -0.143. The quantitative estimate of drug-likeness (QED) is 0.160. The number of thiazole rings is 1. The van der Waals surface area contributed by atoms with Gasteiger partial charge in [-0.3, -0.25) is 9.36 Å². The fraction of sp³-hybridized carbons (Fsp3) is 0.278. The van der Waals surface area contributed by atoms with Crippen LogP contribution in [0.2, 0.25) is 10.0 Å². The summed E-state index contributed by atoms with van der Waals surface area (Å²) in [6.07, 6.45) is 1.70. The molecular formula is C36H34Cl2N2O9S. The summed E-state index contributed by atoms with van der Waals surface area (Å²) >= 11 is 13.5. The van der Waals surface area contributed by atoms with Gasteiger partial charge in [0.25, 0.3) is 5.56 Å². The number of para-hydroxylation sites is 1. The van der Waals surface area contributed by atoms with Gasteiger partial charge in [-0.05, 0) is 68.3 Å². The molecule has 0 unspecified atom stereocenters. The number of hydrogen-bond donors (Lipinski definition) is 0. The average molecular weight is 742 g/mol. The van der Waals surface area contributed by atoms with Gasteiger partial charge < -0.3 is 28.4 Å². The summed E-state index contributed by atoms with van der Waals surface area (Å²) in [7, 11) is 2.79. The topological polar surface area (TPSA) is 124 Å². The van der Waals surface area contributed by atoms with Gasteiger partial charge in [0.15, 0.2) is 34.4 Å². The maximum Gasteiger partial charge on any atom is 0.343 e. The number of fused-ring (bicyclic) bond motifs is 1. The van der Waals surface area contributed by atoms with Crippen LogP contribution >= 0.6 is 34.5 Å². The summed E-state index contributed by atoms with van der Waals surface area (Å²) in [5.74, 6) is 0.305. The molecule has 3 aromatic carbocycles. The summed E-state index contributed by atoms with van der Waals surface area (Å²) < 4.78 is 35.2. The van der Waals surface area contributed by atoms with Gasteiger partial charge in [0, 0.05) is 5.56 Å². The van der Waals surface area contributed by atoms with Crippen LogP contribution in [0.5, 0.6) is 23.0 Å². The third kappa shape index (κ3) is 7.83. The number of nitrogens with zero attached hydrogens (tertiary/aromatic N) is 2. The summed E-state index contributed by atoms with van der Waals surface area (Å²) in [6.45, 7) is 5.44. The Balaban J connectivity index is 1.63. The maximum absolute atomic E-state index is 14.3. The van der Waals surface area contributed by atoms with Gasteiger partial charge in [-0.1, -0.05) is 58.8 Å². The Bertz CT molecular complexity index is 2140. The second-order valence-electron chi connectivity index (χ2n) is 10.7. The van der Waals surface area contributed by atoms with E-state index in [9.17, 15) is 14.4 Å². The lowest BCUT2D eigenvalue weighted by atomic mass is 9.95. The second-order valence-corrected chi connectivity index (χ2v) is 12.5. The predicted molar refractivity (Wildman–Crippen MR) is 189 cm³/mol. The van der Waals surface area contributed by atoms with E-state index in [1.54, 1.807) is 81.4 Å². The number of esters is 2. The molecule has 0 saturated carbocycles. The zero-order valence-corrected chi connectivity index (χ0v) is 30.2. The normalized spacial score (nSPS) is 14.1. The lowest BCUT2D eigenvalue weighted by Gasteiger charge is -2.25. The number of allylic oxidation sites excluding steroid dienone is 1. The molecule has 0 amide bonds. The van der Waals surface area contributed by atoms with Crippen LogP contribution in [0.15, 0.2) is 75.7 Å². The summed E-state index contributed by atoms with van der Waals surface area (Å²) in [6, 6.07) is 14.6. The molecule has 4 aromatic rings. The smallest absolute Gasteiger partial charge is 0.343 e. The first-order valence-corrected chi connectivity index (χ1v) is 17.1. The van der Waals surface area contributed by atoms with Crippen LogP contribution in [0.1, 0.15) is 43.5 Å². The zero-order valence-electron chi connectivity index (χ0n) is 27.9. The van der Waals surface area contributed by atoms with E-state index in [1.165, 1.54) is 18.8 Å². The Morgan fingerprint density at radius 2 is 1.74 bits per heavy atom. The van der Waals surface area contributed by atoms with Crippen molar-refractivity contribution < 1.29 is 38.0 Å². The van der Waals surface area contributed by atoms with Crippen molar-refractivity contribution in [3.05, 3.63) is 112 Å². The molecule has 1 atom stereocenters. The molecule has 0 spiro atoms. The Morgan fingerprint density at radius 3 is 2.44 bits per heavy atom. The first kappa shape index (κ1) is 36.5. The van der Waals surface area contributed by atoms with Crippen molar-refractivity contribution in [1.29, 1.82) is 0 Å². The third-order valence-corrected chi connectivity index (χ3v) is 9.28. The molecule has 14 heteroatoms.